The van der Waals surface area contributed by atoms with E-state index in [-0.39, 0.29) is 12.5 Å². The number of anilines is 1. The summed E-state index contributed by atoms with van der Waals surface area (Å²) in [6.45, 7) is 3.51. The molecular formula is C26H24N2O3. The minimum absolute atomic E-state index is 0.203. The van der Waals surface area contributed by atoms with Crippen LogP contribution in [0.5, 0.6) is 0 Å². The smallest absolute Gasteiger partial charge is 0.334 e. The number of para-hydroxylation sites is 1. The van der Waals surface area contributed by atoms with Gasteiger partial charge in [-0.3, -0.25) is 9.69 Å². The molecule has 3 aromatic carbocycles. The third kappa shape index (κ3) is 3.48. The van der Waals surface area contributed by atoms with Gasteiger partial charge < -0.3 is 10.1 Å². The fourth-order valence-electron chi connectivity index (χ4n) is 4.30. The van der Waals surface area contributed by atoms with E-state index < -0.39 is 11.5 Å². The average Bonchev–Trinajstić information content (AvgIpc) is 2.79. The van der Waals surface area contributed by atoms with Crippen LogP contribution in [-0.4, -0.2) is 23.4 Å². The van der Waals surface area contributed by atoms with Crippen LogP contribution in [0.4, 0.5) is 5.69 Å². The molecule has 0 aliphatic carbocycles. The van der Waals surface area contributed by atoms with Gasteiger partial charge in [-0.15, -0.1) is 0 Å². The summed E-state index contributed by atoms with van der Waals surface area (Å²) in [5, 5.41) is 3.28. The van der Waals surface area contributed by atoms with E-state index in [9.17, 15) is 9.59 Å². The van der Waals surface area contributed by atoms with Crippen LogP contribution in [0, 0.1) is 0 Å². The molecule has 0 spiro atoms. The molecule has 156 valence electrons. The van der Waals surface area contributed by atoms with Gasteiger partial charge in [0.2, 0.25) is 5.91 Å². The Morgan fingerprint density at radius 2 is 1.45 bits per heavy atom. The number of rotatable bonds is 4. The predicted molar refractivity (Wildman–Crippen MR) is 120 cm³/mol. The first-order valence-electron chi connectivity index (χ1n) is 10.3. The third-order valence-electron chi connectivity index (χ3n) is 5.40. The molecule has 0 unspecified atom stereocenters. The molecule has 5 heteroatoms. The Balaban J connectivity index is 2.11. The fourth-order valence-corrected chi connectivity index (χ4v) is 4.30. The van der Waals surface area contributed by atoms with E-state index in [1.165, 1.54) is 13.0 Å². The number of hydrogen-bond donors (Lipinski definition) is 1. The molecule has 31 heavy (non-hydrogen) atoms. The minimum Gasteiger partial charge on any atom is -0.463 e. The quantitative estimate of drug-likeness (QED) is 0.500. The number of benzene rings is 3. The van der Waals surface area contributed by atoms with Gasteiger partial charge in [0.15, 0.2) is 0 Å². The van der Waals surface area contributed by atoms with Crippen LogP contribution in [0.15, 0.2) is 96.8 Å². The Labute approximate surface area is 182 Å². The normalized spacial score (nSPS) is 15.7. The molecular weight excluding hydrogens is 388 g/mol. The number of amides is 1. The van der Waals surface area contributed by atoms with E-state index in [2.05, 4.69) is 5.32 Å². The Kier molecular flexibility index (Phi) is 5.58. The average molecular weight is 412 g/mol. The summed E-state index contributed by atoms with van der Waals surface area (Å²) < 4.78 is 5.15. The SMILES string of the molecule is CCOC(=O)C=C1Nc2ccccc2C(c2ccccc2)(c2ccccc2)N1C(C)=O. The number of carbonyl (C=O) groups excluding carboxylic acids is 2. The zero-order valence-corrected chi connectivity index (χ0v) is 17.5. The number of fused-ring (bicyclic) bond motifs is 1. The summed E-state index contributed by atoms with van der Waals surface area (Å²) in [6.07, 6.45) is 1.35. The fraction of sp³-hybridized carbons (Fsp3) is 0.154. The summed E-state index contributed by atoms with van der Waals surface area (Å²) in [5.41, 5.74) is 2.61. The van der Waals surface area contributed by atoms with Crippen molar-refractivity contribution in [3.8, 4) is 0 Å². The summed E-state index contributed by atoms with van der Waals surface area (Å²) in [6, 6.07) is 27.6. The molecule has 5 nitrogen and oxygen atoms in total. The highest BCUT2D eigenvalue weighted by atomic mass is 16.5. The van der Waals surface area contributed by atoms with Crippen molar-refractivity contribution in [3.05, 3.63) is 114 Å². The Bertz CT molecular complexity index is 1080. The van der Waals surface area contributed by atoms with Gasteiger partial charge in [-0.1, -0.05) is 78.9 Å². The topological polar surface area (TPSA) is 58.6 Å². The van der Waals surface area contributed by atoms with Crippen LogP contribution in [0.25, 0.3) is 0 Å². The third-order valence-corrected chi connectivity index (χ3v) is 5.40. The van der Waals surface area contributed by atoms with Crippen LogP contribution < -0.4 is 5.32 Å². The van der Waals surface area contributed by atoms with Gasteiger partial charge in [-0.05, 0) is 24.1 Å². The lowest BCUT2D eigenvalue weighted by Gasteiger charge is -2.49. The van der Waals surface area contributed by atoms with E-state index in [0.29, 0.717) is 5.82 Å². The summed E-state index contributed by atoms with van der Waals surface area (Å²) >= 11 is 0. The maximum absolute atomic E-state index is 13.2. The van der Waals surface area contributed by atoms with Gasteiger partial charge in [0.05, 0.1) is 12.7 Å². The highest BCUT2D eigenvalue weighted by molar-refractivity contribution is 5.88. The maximum Gasteiger partial charge on any atom is 0.334 e. The van der Waals surface area contributed by atoms with Crippen molar-refractivity contribution in [2.45, 2.75) is 19.4 Å². The van der Waals surface area contributed by atoms with Crippen molar-refractivity contribution in [2.24, 2.45) is 0 Å². The lowest BCUT2D eigenvalue weighted by Crippen LogP contribution is -2.54. The predicted octanol–water partition coefficient (Wildman–Crippen LogP) is 4.66. The monoisotopic (exact) mass is 412 g/mol. The van der Waals surface area contributed by atoms with Crippen LogP contribution >= 0.6 is 0 Å². The number of ether oxygens (including phenoxy) is 1. The molecule has 0 saturated carbocycles. The van der Waals surface area contributed by atoms with Gasteiger partial charge in [-0.25, -0.2) is 4.79 Å². The molecule has 1 aliphatic heterocycles. The second-order valence-electron chi connectivity index (χ2n) is 7.25. The maximum atomic E-state index is 13.2. The number of esters is 1. The van der Waals surface area contributed by atoms with E-state index in [4.69, 9.17) is 4.74 Å². The van der Waals surface area contributed by atoms with E-state index in [1.807, 2.05) is 84.9 Å². The van der Waals surface area contributed by atoms with Gasteiger partial charge in [-0.2, -0.15) is 0 Å². The van der Waals surface area contributed by atoms with Crippen LogP contribution in [0.3, 0.4) is 0 Å². The largest absolute Gasteiger partial charge is 0.463 e. The highest BCUT2D eigenvalue weighted by Gasteiger charge is 2.49. The zero-order valence-electron chi connectivity index (χ0n) is 17.5. The molecule has 1 heterocycles. The molecule has 0 radical (unpaired) electrons. The van der Waals surface area contributed by atoms with Crippen LogP contribution in [-0.2, 0) is 19.9 Å². The van der Waals surface area contributed by atoms with E-state index in [0.717, 1.165) is 22.4 Å². The molecule has 1 N–H and O–H groups in total. The molecule has 1 amide bonds. The Morgan fingerprint density at radius 3 is 2.00 bits per heavy atom. The summed E-state index contributed by atoms with van der Waals surface area (Å²) in [4.78, 5) is 27.3. The van der Waals surface area contributed by atoms with Crippen molar-refractivity contribution in [3.63, 3.8) is 0 Å². The van der Waals surface area contributed by atoms with Gasteiger partial charge in [0, 0.05) is 18.2 Å². The van der Waals surface area contributed by atoms with Gasteiger partial charge in [0.25, 0.3) is 0 Å². The van der Waals surface area contributed by atoms with Crippen molar-refractivity contribution in [1.82, 2.24) is 4.90 Å². The first kappa shape index (κ1) is 20.4. The van der Waals surface area contributed by atoms with E-state index in [1.54, 1.807) is 11.8 Å². The van der Waals surface area contributed by atoms with E-state index >= 15 is 0 Å². The van der Waals surface area contributed by atoms with Crippen LogP contribution in [0.2, 0.25) is 0 Å². The van der Waals surface area contributed by atoms with Gasteiger partial charge >= 0.3 is 5.97 Å². The summed E-state index contributed by atoms with van der Waals surface area (Å²) in [5.74, 6) is -0.340. The van der Waals surface area contributed by atoms with Gasteiger partial charge in [0.1, 0.15) is 11.4 Å². The molecule has 0 bridgehead atoms. The molecule has 4 rings (SSSR count). The molecule has 0 saturated heterocycles. The highest BCUT2D eigenvalue weighted by Crippen LogP contribution is 2.49. The molecule has 0 atom stereocenters. The molecule has 0 aromatic heterocycles. The van der Waals surface area contributed by atoms with Crippen molar-refractivity contribution in [2.75, 3.05) is 11.9 Å². The summed E-state index contributed by atoms with van der Waals surface area (Å²) in [7, 11) is 0. The molecule has 1 aliphatic rings. The Hall–Kier alpha value is -3.86. The molecule has 3 aromatic rings. The first-order chi connectivity index (χ1) is 15.1. The first-order valence-corrected chi connectivity index (χ1v) is 10.3. The van der Waals surface area contributed by atoms with Crippen molar-refractivity contribution >= 4 is 17.6 Å². The van der Waals surface area contributed by atoms with Crippen LogP contribution in [0.1, 0.15) is 30.5 Å². The second kappa shape index (κ2) is 8.48. The van der Waals surface area contributed by atoms with Crippen molar-refractivity contribution in [1.29, 1.82) is 0 Å². The van der Waals surface area contributed by atoms with Crippen molar-refractivity contribution < 1.29 is 14.3 Å². The number of carbonyl (C=O) groups is 2. The number of nitrogens with one attached hydrogen (secondary N) is 1. The minimum atomic E-state index is -0.964. The second-order valence-corrected chi connectivity index (χ2v) is 7.25. The molecule has 0 fully saturated rings. The lowest BCUT2D eigenvalue weighted by atomic mass is 9.73. The number of hydrogen-bond acceptors (Lipinski definition) is 4. The lowest BCUT2D eigenvalue weighted by molar-refractivity contribution is -0.137. The standard InChI is InChI=1S/C26H24N2O3/c1-3-31-25(30)18-24-27-23-17-11-10-16-22(23)26(28(24)19(2)29,20-12-6-4-7-13-20)21-14-8-5-9-15-21/h4-18,27H,3H2,1-2H3. The Morgan fingerprint density at radius 1 is 0.903 bits per heavy atom. The number of nitrogens with zero attached hydrogens (tertiary/aromatic N) is 1. The zero-order chi connectivity index (χ0) is 21.8.